The molecule has 0 spiro atoms. The number of rotatable bonds is 2. The minimum Gasteiger partial charge on any atom is -0.0619 e. The van der Waals surface area contributed by atoms with Crippen molar-refractivity contribution in [2.75, 3.05) is 0 Å². The molecule has 0 radical (unpaired) electrons. The van der Waals surface area contributed by atoms with E-state index in [2.05, 4.69) is 98.8 Å². The molecule has 0 bridgehead atoms. The van der Waals surface area contributed by atoms with Gasteiger partial charge in [0.1, 0.15) is 0 Å². The molecule has 1 unspecified atom stereocenters. The molecule has 0 saturated carbocycles. The summed E-state index contributed by atoms with van der Waals surface area (Å²) in [4.78, 5) is 0. The summed E-state index contributed by atoms with van der Waals surface area (Å²) in [6.45, 7) is 4.65. The van der Waals surface area contributed by atoms with Crippen LogP contribution in [0.1, 0.15) is 54.4 Å². The van der Waals surface area contributed by atoms with E-state index in [1.165, 1.54) is 55.7 Å². The molecule has 0 nitrogen and oxygen atoms in total. The third-order valence-corrected chi connectivity index (χ3v) is 7.08. The van der Waals surface area contributed by atoms with Crippen LogP contribution in [0, 0.1) is 0 Å². The molecule has 0 fully saturated rings. The molecule has 3 aliphatic carbocycles. The first-order chi connectivity index (χ1) is 14.2. The Hall–Kier alpha value is -3.12. The lowest BCUT2D eigenvalue weighted by Gasteiger charge is -2.26. The van der Waals surface area contributed by atoms with Gasteiger partial charge < -0.3 is 0 Å². The Morgan fingerprint density at radius 2 is 1.28 bits per heavy atom. The fourth-order valence-electron chi connectivity index (χ4n) is 5.63. The molecule has 0 N–H and O–H groups in total. The highest BCUT2D eigenvalue weighted by Gasteiger charge is 2.34. The zero-order chi connectivity index (χ0) is 19.5. The molecule has 0 heteroatoms. The Morgan fingerprint density at radius 3 is 1.97 bits per heavy atom. The molecular weight excluding hydrogens is 348 g/mol. The lowest BCUT2D eigenvalue weighted by atomic mass is 9.78. The molecule has 0 aliphatic heterocycles. The van der Waals surface area contributed by atoms with E-state index in [0.29, 0.717) is 11.8 Å². The third-order valence-electron chi connectivity index (χ3n) is 7.08. The second-order valence-electron chi connectivity index (χ2n) is 8.60. The zero-order valence-corrected chi connectivity index (χ0v) is 16.9. The predicted molar refractivity (Wildman–Crippen MR) is 122 cm³/mol. The molecule has 3 aliphatic rings. The van der Waals surface area contributed by atoms with E-state index < -0.39 is 0 Å². The third kappa shape index (κ3) is 2.39. The van der Waals surface area contributed by atoms with Crippen LogP contribution in [0.15, 0.2) is 101 Å². The van der Waals surface area contributed by atoms with Gasteiger partial charge in [-0.2, -0.15) is 0 Å². The maximum absolute atomic E-state index is 2.44. The molecule has 0 heterocycles. The first-order valence-electron chi connectivity index (χ1n) is 10.6. The summed E-state index contributed by atoms with van der Waals surface area (Å²) in [5, 5.41) is 0. The van der Waals surface area contributed by atoms with Gasteiger partial charge in [0.2, 0.25) is 0 Å². The average Bonchev–Trinajstić information content (AvgIpc) is 3.24. The van der Waals surface area contributed by atoms with Crippen LogP contribution in [0.2, 0.25) is 0 Å². The second-order valence-corrected chi connectivity index (χ2v) is 8.60. The highest BCUT2D eigenvalue weighted by Crippen LogP contribution is 2.52. The van der Waals surface area contributed by atoms with E-state index in [0.717, 1.165) is 6.42 Å². The quantitative estimate of drug-likeness (QED) is 0.433. The first kappa shape index (κ1) is 16.8. The molecule has 0 saturated heterocycles. The topological polar surface area (TPSA) is 0 Å². The molecular formula is C29H24. The number of benzene rings is 3. The maximum atomic E-state index is 2.44. The minimum atomic E-state index is 0.438. The Labute approximate surface area is 172 Å². The van der Waals surface area contributed by atoms with Gasteiger partial charge in [0.15, 0.2) is 0 Å². The van der Waals surface area contributed by atoms with Crippen molar-refractivity contribution in [3.63, 3.8) is 0 Å². The van der Waals surface area contributed by atoms with Crippen LogP contribution in [-0.2, 0) is 0 Å². The first-order valence-corrected chi connectivity index (χ1v) is 10.6. The Bertz CT molecular complexity index is 1200. The van der Waals surface area contributed by atoms with Crippen LogP contribution in [0.3, 0.4) is 0 Å². The fraction of sp³-hybridized carbons (Fsp3) is 0.172. The van der Waals surface area contributed by atoms with Gasteiger partial charge in [-0.3, -0.25) is 0 Å². The Balaban J connectivity index is 1.45. The van der Waals surface area contributed by atoms with E-state index in [-0.39, 0.29) is 0 Å². The predicted octanol–water partition coefficient (Wildman–Crippen LogP) is 7.65. The smallest absolute Gasteiger partial charge is 0.0142 e. The lowest BCUT2D eigenvalue weighted by Crippen LogP contribution is -2.09. The SMILES string of the molecule is CC1=C(CC2c3ccccc3-c3ccccc32)C2=Cc3ccccc3C(C)C2=C1. The lowest BCUT2D eigenvalue weighted by molar-refractivity contribution is 0.814. The zero-order valence-electron chi connectivity index (χ0n) is 16.9. The van der Waals surface area contributed by atoms with Gasteiger partial charge in [0, 0.05) is 11.8 Å². The molecule has 3 aromatic carbocycles. The molecule has 29 heavy (non-hydrogen) atoms. The van der Waals surface area contributed by atoms with Crippen LogP contribution in [-0.4, -0.2) is 0 Å². The molecule has 140 valence electrons. The van der Waals surface area contributed by atoms with E-state index in [9.17, 15) is 0 Å². The van der Waals surface area contributed by atoms with Crippen molar-refractivity contribution < 1.29 is 0 Å². The Morgan fingerprint density at radius 1 is 0.690 bits per heavy atom. The highest BCUT2D eigenvalue weighted by molar-refractivity contribution is 5.81. The second kappa shape index (κ2) is 6.19. The normalized spacial score (nSPS) is 19.3. The van der Waals surface area contributed by atoms with Crippen molar-refractivity contribution in [1.82, 2.24) is 0 Å². The van der Waals surface area contributed by atoms with Crippen LogP contribution < -0.4 is 0 Å². The van der Waals surface area contributed by atoms with Crippen LogP contribution in [0.5, 0.6) is 0 Å². The van der Waals surface area contributed by atoms with Crippen molar-refractivity contribution in [2.24, 2.45) is 0 Å². The summed E-state index contributed by atoms with van der Waals surface area (Å²) in [5.74, 6) is 0.898. The summed E-state index contributed by atoms with van der Waals surface area (Å²) >= 11 is 0. The van der Waals surface area contributed by atoms with Gasteiger partial charge in [-0.15, -0.1) is 0 Å². The number of fused-ring (bicyclic) bond motifs is 5. The van der Waals surface area contributed by atoms with E-state index in [4.69, 9.17) is 0 Å². The van der Waals surface area contributed by atoms with Gasteiger partial charge in [0.25, 0.3) is 0 Å². The van der Waals surface area contributed by atoms with Crippen molar-refractivity contribution in [1.29, 1.82) is 0 Å². The highest BCUT2D eigenvalue weighted by atomic mass is 14.4. The standard InChI is InChI=1S/C29H24/c1-18-15-27-19(2)21-10-4-3-9-20(21)16-28(27)26(18)17-29-24-13-7-5-11-22(24)23-12-6-8-14-25(23)29/h3-16,19,29H,17H2,1-2H3. The molecule has 1 atom stereocenters. The van der Waals surface area contributed by atoms with Crippen LogP contribution >= 0.6 is 0 Å². The monoisotopic (exact) mass is 372 g/mol. The van der Waals surface area contributed by atoms with Crippen LogP contribution in [0.4, 0.5) is 0 Å². The van der Waals surface area contributed by atoms with E-state index in [1.807, 2.05) is 0 Å². The number of hydrogen-bond acceptors (Lipinski definition) is 0. The molecule has 6 rings (SSSR count). The number of allylic oxidation sites excluding steroid dienone is 5. The van der Waals surface area contributed by atoms with Crippen molar-refractivity contribution >= 4 is 6.08 Å². The van der Waals surface area contributed by atoms with Crippen molar-refractivity contribution in [3.8, 4) is 11.1 Å². The number of hydrogen-bond donors (Lipinski definition) is 0. The van der Waals surface area contributed by atoms with Gasteiger partial charge in [-0.25, -0.2) is 0 Å². The fourth-order valence-corrected chi connectivity index (χ4v) is 5.63. The van der Waals surface area contributed by atoms with Crippen LogP contribution in [0.25, 0.3) is 17.2 Å². The van der Waals surface area contributed by atoms with E-state index >= 15 is 0 Å². The van der Waals surface area contributed by atoms with Crippen molar-refractivity contribution in [3.05, 3.63) is 123 Å². The van der Waals surface area contributed by atoms with Gasteiger partial charge in [-0.1, -0.05) is 85.8 Å². The summed E-state index contributed by atoms with van der Waals surface area (Å²) in [5.41, 5.74) is 14.5. The summed E-state index contributed by atoms with van der Waals surface area (Å²) in [6, 6.07) is 26.8. The van der Waals surface area contributed by atoms with Gasteiger partial charge >= 0.3 is 0 Å². The molecule has 0 aromatic heterocycles. The van der Waals surface area contributed by atoms with E-state index in [1.54, 1.807) is 0 Å². The summed E-state index contributed by atoms with van der Waals surface area (Å²) < 4.78 is 0. The summed E-state index contributed by atoms with van der Waals surface area (Å²) in [6.07, 6.45) is 5.94. The molecule has 0 amide bonds. The largest absolute Gasteiger partial charge is 0.0619 e. The summed E-state index contributed by atoms with van der Waals surface area (Å²) in [7, 11) is 0. The van der Waals surface area contributed by atoms with Gasteiger partial charge in [-0.05, 0) is 75.1 Å². The average molecular weight is 373 g/mol. The Kier molecular flexibility index (Phi) is 3.59. The molecule has 3 aromatic rings. The van der Waals surface area contributed by atoms with Crippen molar-refractivity contribution in [2.45, 2.75) is 32.1 Å². The maximum Gasteiger partial charge on any atom is 0.0142 e. The minimum absolute atomic E-state index is 0.438. The van der Waals surface area contributed by atoms with Gasteiger partial charge in [0.05, 0.1) is 0 Å².